The number of rotatable bonds is 6. The predicted octanol–water partition coefficient (Wildman–Crippen LogP) is -0.870. The van der Waals surface area contributed by atoms with Crippen LogP contribution in [0.25, 0.3) is 0 Å². The van der Waals surface area contributed by atoms with Gasteiger partial charge < -0.3 is 16.2 Å². The van der Waals surface area contributed by atoms with E-state index in [2.05, 4.69) is 5.32 Å². The van der Waals surface area contributed by atoms with Crippen LogP contribution in [0.2, 0.25) is 0 Å². The van der Waals surface area contributed by atoms with Gasteiger partial charge in [0.05, 0.1) is 12.0 Å². The molecule has 0 radical (unpaired) electrons. The van der Waals surface area contributed by atoms with Crippen molar-refractivity contribution >= 4 is 17.7 Å². The van der Waals surface area contributed by atoms with E-state index in [1.807, 2.05) is 0 Å². The van der Waals surface area contributed by atoms with Gasteiger partial charge in [-0.3, -0.25) is 14.4 Å². The number of aliphatic carboxylic acids is 1. The Kier molecular flexibility index (Phi) is 5.54. The van der Waals surface area contributed by atoms with Crippen LogP contribution in [-0.2, 0) is 14.4 Å². The van der Waals surface area contributed by atoms with Crippen LogP contribution in [0.3, 0.4) is 0 Å². The molecule has 15 heavy (non-hydrogen) atoms. The summed E-state index contributed by atoms with van der Waals surface area (Å²) in [5.41, 5.74) is 5.26. The predicted molar refractivity (Wildman–Crippen MR) is 53.1 cm³/mol. The molecule has 0 aliphatic carbocycles. The van der Waals surface area contributed by atoms with Crippen molar-refractivity contribution in [1.82, 2.24) is 5.32 Å². The molecule has 0 aromatic rings. The number of ketones is 1. The first kappa shape index (κ1) is 13.6. The molecule has 0 rings (SSSR count). The summed E-state index contributed by atoms with van der Waals surface area (Å²) in [6.07, 6.45) is -0.154. The highest BCUT2D eigenvalue weighted by Crippen LogP contribution is 2.01. The molecule has 0 saturated carbocycles. The second-order valence-corrected chi connectivity index (χ2v) is 3.41. The number of nitrogens with one attached hydrogen (secondary N) is 1. The third kappa shape index (κ3) is 5.11. The Labute approximate surface area is 87.8 Å². The van der Waals surface area contributed by atoms with E-state index in [-0.39, 0.29) is 18.7 Å². The number of carboxylic acids is 1. The van der Waals surface area contributed by atoms with Crippen LogP contribution in [0.5, 0.6) is 0 Å². The van der Waals surface area contributed by atoms with Gasteiger partial charge in [-0.1, -0.05) is 6.92 Å². The smallest absolute Gasteiger partial charge is 0.306 e. The normalized spacial score (nSPS) is 14.1. The lowest BCUT2D eigenvalue weighted by atomic mass is 10.1. The van der Waals surface area contributed by atoms with Crippen molar-refractivity contribution in [1.29, 1.82) is 0 Å². The number of amides is 1. The number of carbonyl (C=O) groups is 3. The van der Waals surface area contributed by atoms with Gasteiger partial charge in [-0.05, 0) is 6.92 Å². The molecule has 0 aromatic carbocycles. The van der Waals surface area contributed by atoms with Crippen LogP contribution >= 0.6 is 0 Å². The monoisotopic (exact) mass is 216 g/mol. The zero-order valence-corrected chi connectivity index (χ0v) is 8.82. The Hall–Kier alpha value is -1.43. The molecule has 6 nitrogen and oxygen atoms in total. The summed E-state index contributed by atoms with van der Waals surface area (Å²) >= 11 is 0. The lowest BCUT2D eigenvalue weighted by Crippen LogP contribution is -2.45. The molecule has 4 N–H and O–H groups in total. The highest BCUT2D eigenvalue weighted by atomic mass is 16.4. The molecular formula is C9H16N2O4. The summed E-state index contributed by atoms with van der Waals surface area (Å²) in [6.45, 7) is 2.76. The molecule has 0 aliphatic rings. The molecule has 0 aliphatic heterocycles. The fourth-order valence-electron chi connectivity index (χ4n) is 0.945. The van der Waals surface area contributed by atoms with E-state index in [9.17, 15) is 14.4 Å². The van der Waals surface area contributed by atoms with Crippen molar-refractivity contribution in [2.75, 3.05) is 6.54 Å². The minimum Gasteiger partial charge on any atom is -0.481 e. The summed E-state index contributed by atoms with van der Waals surface area (Å²) in [4.78, 5) is 32.6. The number of Topliss-reactive ketones (excluding diaryl/α,β-unsaturated/α-hetero) is 1. The average Bonchev–Trinajstić information content (AvgIpc) is 2.13. The van der Waals surface area contributed by atoms with Gasteiger partial charge in [-0.15, -0.1) is 0 Å². The van der Waals surface area contributed by atoms with E-state index < -0.39 is 23.8 Å². The molecule has 6 heteroatoms. The quantitative estimate of drug-likeness (QED) is 0.534. The van der Waals surface area contributed by atoms with Crippen LogP contribution in [0.15, 0.2) is 0 Å². The molecule has 0 saturated heterocycles. The standard InChI is InChI=1S/C9H16N2O4/c1-5(9(14)15)3-8(13)11-7(4-10)6(2)12/h5,7H,3-4,10H2,1-2H3,(H,11,13)(H,14,15)/t5?,7-/m0/s1. The zero-order valence-electron chi connectivity index (χ0n) is 8.82. The van der Waals surface area contributed by atoms with Crippen molar-refractivity contribution in [3.8, 4) is 0 Å². The van der Waals surface area contributed by atoms with Gasteiger partial charge in [0.25, 0.3) is 0 Å². The van der Waals surface area contributed by atoms with Crippen LogP contribution in [0.4, 0.5) is 0 Å². The van der Waals surface area contributed by atoms with Gasteiger partial charge in [0, 0.05) is 13.0 Å². The van der Waals surface area contributed by atoms with E-state index in [1.165, 1.54) is 13.8 Å². The van der Waals surface area contributed by atoms with Crippen molar-refractivity contribution in [2.24, 2.45) is 11.7 Å². The summed E-state index contributed by atoms with van der Waals surface area (Å²) < 4.78 is 0. The SMILES string of the molecule is CC(=O)[C@H](CN)NC(=O)CC(C)C(=O)O. The first-order valence-electron chi connectivity index (χ1n) is 4.61. The molecule has 0 aromatic heterocycles. The second-order valence-electron chi connectivity index (χ2n) is 3.41. The average molecular weight is 216 g/mol. The van der Waals surface area contributed by atoms with Crippen LogP contribution in [0.1, 0.15) is 20.3 Å². The van der Waals surface area contributed by atoms with E-state index in [0.717, 1.165) is 0 Å². The number of carbonyl (C=O) groups excluding carboxylic acids is 2. The summed E-state index contributed by atoms with van der Waals surface area (Å²) in [5.74, 6) is -2.53. The van der Waals surface area contributed by atoms with E-state index >= 15 is 0 Å². The Balaban J connectivity index is 4.13. The van der Waals surface area contributed by atoms with Gasteiger partial charge in [0.1, 0.15) is 0 Å². The number of nitrogens with two attached hydrogens (primary N) is 1. The second kappa shape index (κ2) is 6.13. The van der Waals surface area contributed by atoms with Crippen molar-refractivity contribution in [2.45, 2.75) is 26.3 Å². The molecular weight excluding hydrogens is 200 g/mol. The molecule has 0 heterocycles. The molecule has 86 valence electrons. The molecule has 0 fully saturated rings. The minimum atomic E-state index is -1.04. The maximum atomic E-state index is 11.2. The number of hydrogen-bond acceptors (Lipinski definition) is 4. The van der Waals surface area contributed by atoms with Crippen LogP contribution in [-0.4, -0.2) is 35.4 Å². The van der Waals surface area contributed by atoms with Gasteiger partial charge in [0.15, 0.2) is 5.78 Å². The first-order valence-corrected chi connectivity index (χ1v) is 4.61. The third-order valence-electron chi connectivity index (χ3n) is 1.97. The van der Waals surface area contributed by atoms with Gasteiger partial charge in [0.2, 0.25) is 5.91 Å². The molecule has 0 spiro atoms. The summed E-state index contributed by atoms with van der Waals surface area (Å²) in [5, 5.41) is 10.9. The highest BCUT2D eigenvalue weighted by Gasteiger charge is 2.19. The van der Waals surface area contributed by atoms with Gasteiger partial charge in [-0.25, -0.2) is 0 Å². The minimum absolute atomic E-state index is 0.0164. The van der Waals surface area contributed by atoms with E-state index in [0.29, 0.717) is 0 Å². The van der Waals surface area contributed by atoms with Crippen LogP contribution < -0.4 is 11.1 Å². The Bertz CT molecular complexity index is 265. The molecule has 1 amide bonds. The highest BCUT2D eigenvalue weighted by molar-refractivity contribution is 5.89. The maximum absolute atomic E-state index is 11.2. The fourth-order valence-corrected chi connectivity index (χ4v) is 0.945. The van der Waals surface area contributed by atoms with Gasteiger partial charge >= 0.3 is 5.97 Å². The van der Waals surface area contributed by atoms with Crippen LogP contribution in [0, 0.1) is 5.92 Å². The Morgan fingerprint density at radius 3 is 2.27 bits per heavy atom. The fraction of sp³-hybridized carbons (Fsp3) is 0.667. The maximum Gasteiger partial charge on any atom is 0.306 e. The molecule has 0 bridgehead atoms. The van der Waals surface area contributed by atoms with Crippen molar-refractivity contribution < 1.29 is 19.5 Å². The molecule has 2 atom stereocenters. The lowest BCUT2D eigenvalue weighted by molar-refractivity contribution is -0.143. The largest absolute Gasteiger partial charge is 0.481 e. The molecule has 1 unspecified atom stereocenters. The summed E-state index contributed by atoms with van der Waals surface area (Å²) in [6, 6.07) is -0.724. The topological polar surface area (TPSA) is 109 Å². The Morgan fingerprint density at radius 1 is 1.40 bits per heavy atom. The van der Waals surface area contributed by atoms with Gasteiger partial charge in [-0.2, -0.15) is 0 Å². The zero-order chi connectivity index (χ0) is 12.0. The van der Waals surface area contributed by atoms with E-state index in [4.69, 9.17) is 10.8 Å². The lowest BCUT2D eigenvalue weighted by Gasteiger charge is -2.14. The number of carboxylic acid groups (broad SMARTS) is 1. The first-order chi connectivity index (χ1) is 6.88. The van der Waals surface area contributed by atoms with Crippen molar-refractivity contribution in [3.05, 3.63) is 0 Å². The Morgan fingerprint density at radius 2 is 1.93 bits per heavy atom. The third-order valence-corrected chi connectivity index (χ3v) is 1.97. The number of hydrogen-bond donors (Lipinski definition) is 3. The van der Waals surface area contributed by atoms with Crippen molar-refractivity contribution in [3.63, 3.8) is 0 Å². The van der Waals surface area contributed by atoms with E-state index in [1.54, 1.807) is 0 Å². The summed E-state index contributed by atoms with van der Waals surface area (Å²) in [7, 11) is 0.